The average Bonchev–Trinajstić information content (AvgIpc) is 2.59. The number of nitrogen functional groups attached to an aromatic ring is 1. The van der Waals surface area contributed by atoms with Crippen molar-refractivity contribution in [2.45, 2.75) is 25.7 Å². The molecule has 0 bridgehead atoms. The van der Waals surface area contributed by atoms with Crippen molar-refractivity contribution in [3.05, 3.63) is 22.2 Å². The zero-order valence-electron chi connectivity index (χ0n) is 11.5. The number of carbonyl (C=O) groups is 2. The van der Waals surface area contributed by atoms with Crippen LogP contribution < -0.4 is 11.1 Å². The molecule has 21 heavy (non-hydrogen) atoms. The Balaban J connectivity index is 2.03. The molecule has 7 heteroatoms. The molecule has 2 rings (SSSR count). The number of nitrogens with zero attached hydrogens (tertiary/aromatic N) is 1. The first kappa shape index (κ1) is 15.9. The molecule has 1 fully saturated rings. The summed E-state index contributed by atoms with van der Waals surface area (Å²) in [5.74, 6) is -0.309. The number of halogens is 2. The third-order valence-electron chi connectivity index (χ3n) is 3.33. The Kier molecular flexibility index (Phi) is 5.31. The van der Waals surface area contributed by atoms with Gasteiger partial charge in [0.15, 0.2) is 0 Å². The van der Waals surface area contributed by atoms with Crippen LogP contribution in [0.15, 0.2) is 12.1 Å². The first-order chi connectivity index (χ1) is 9.97. The number of hydrogen-bond donors (Lipinski definition) is 2. The van der Waals surface area contributed by atoms with Crippen LogP contribution in [-0.2, 0) is 9.59 Å². The Hall–Kier alpha value is -1.46. The largest absolute Gasteiger partial charge is 0.399 e. The van der Waals surface area contributed by atoms with E-state index in [0.717, 1.165) is 19.3 Å². The lowest BCUT2D eigenvalue weighted by atomic mass is 10.2. The highest BCUT2D eigenvalue weighted by Gasteiger charge is 2.20. The second-order valence-electron chi connectivity index (χ2n) is 5.03. The molecule has 0 aliphatic carbocycles. The molecule has 0 aromatic heterocycles. The van der Waals surface area contributed by atoms with Crippen LogP contribution in [0.1, 0.15) is 25.7 Å². The first-order valence-corrected chi connectivity index (χ1v) is 7.55. The summed E-state index contributed by atoms with van der Waals surface area (Å²) in [6, 6.07) is 3.03. The molecular weight excluding hydrogens is 313 g/mol. The minimum absolute atomic E-state index is 0.00979. The van der Waals surface area contributed by atoms with Crippen LogP contribution in [0.2, 0.25) is 10.0 Å². The van der Waals surface area contributed by atoms with Crippen molar-refractivity contribution in [2.75, 3.05) is 24.1 Å². The van der Waals surface area contributed by atoms with Crippen molar-refractivity contribution in [3.8, 4) is 0 Å². The molecule has 3 N–H and O–H groups in total. The van der Waals surface area contributed by atoms with Crippen molar-refractivity contribution in [2.24, 2.45) is 0 Å². The number of amides is 2. The number of anilines is 2. The minimum Gasteiger partial charge on any atom is -0.399 e. The molecule has 1 aromatic rings. The highest BCUT2D eigenvalue weighted by Crippen LogP contribution is 2.32. The van der Waals surface area contributed by atoms with Gasteiger partial charge >= 0.3 is 0 Å². The molecule has 1 aliphatic heterocycles. The summed E-state index contributed by atoms with van der Waals surface area (Å²) in [6.07, 6.45) is 3.31. The van der Waals surface area contributed by atoms with Crippen molar-refractivity contribution in [3.63, 3.8) is 0 Å². The molecule has 1 aromatic carbocycles. The molecule has 0 radical (unpaired) electrons. The van der Waals surface area contributed by atoms with E-state index >= 15 is 0 Å². The number of carbonyl (C=O) groups excluding carboxylic acids is 2. The Morgan fingerprint density at radius 2 is 1.90 bits per heavy atom. The maximum Gasteiger partial charge on any atom is 0.244 e. The zero-order chi connectivity index (χ0) is 15.4. The number of hydrogen-bond acceptors (Lipinski definition) is 3. The Labute approximate surface area is 133 Å². The summed E-state index contributed by atoms with van der Waals surface area (Å²) in [5, 5.41) is 3.19. The van der Waals surface area contributed by atoms with Gasteiger partial charge < -0.3 is 16.0 Å². The van der Waals surface area contributed by atoms with Gasteiger partial charge in [-0.3, -0.25) is 9.59 Å². The van der Waals surface area contributed by atoms with E-state index in [4.69, 9.17) is 28.9 Å². The van der Waals surface area contributed by atoms with Crippen LogP contribution in [-0.4, -0.2) is 29.8 Å². The molecule has 0 unspecified atom stereocenters. The predicted molar refractivity (Wildman–Crippen MR) is 84.6 cm³/mol. The molecular formula is C14H17Cl2N3O2. The molecule has 1 heterocycles. The lowest BCUT2D eigenvalue weighted by molar-refractivity contribution is -0.134. The molecule has 1 aliphatic rings. The van der Waals surface area contributed by atoms with E-state index in [1.165, 1.54) is 12.1 Å². The predicted octanol–water partition coefficient (Wildman–Crippen LogP) is 2.92. The van der Waals surface area contributed by atoms with E-state index in [1.54, 1.807) is 4.90 Å². The van der Waals surface area contributed by atoms with Gasteiger partial charge in [-0.05, 0) is 25.0 Å². The van der Waals surface area contributed by atoms with E-state index < -0.39 is 0 Å². The number of benzene rings is 1. The second kappa shape index (κ2) is 7.00. The standard InChI is InChI=1S/C14H17Cl2N3O2/c15-10-6-9(17)7-11(16)14(10)18-12(20)8-19-5-3-1-2-4-13(19)21/h6-7H,1-5,8,17H2,(H,18,20). The van der Waals surface area contributed by atoms with Gasteiger partial charge in [0.2, 0.25) is 11.8 Å². The van der Waals surface area contributed by atoms with Crippen LogP contribution >= 0.6 is 23.2 Å². The Morgan fingerprint density at radius 3 is 2.57 bits per heavy atom. The fourth-order valence-corrected chi connectivity index (χ4v) is 2.87. The summed E-state index contributed by atoms with van der Waals surface area (Å²) >= 11 is 12.0. The van der Waals surface area contributed by atoms with Gasteiger partial charge in [0, 0.05) is 18.7 Å². The van der Waals surface area contributed by atoms with Crippen LogP contribution in [0, 0.1) is 0 Å². The maximum atomic E-state index is 12.1. The van der Waals surface area contributed by atoms with Crippen LogP contribution in [0.4, 0.5) is 11.4 Å². The highest BCUT2D eigenvalue weighted by atomic mass is 35.5. The van der Waals surface area contributed by atoms with Gasteiger partial charge in [0.25, 0.3) is 0 Å². The third-order valence-corrected chi connectivity index (χ3v) is 3.93. The van der Waals surface area contributed by atoms with Crippen molar-refractivity contribution in [1.82, 2.24) is 4.90 Å². The van der Waals surface area contributed by atoms with Crippen LogP contribution in [0.25, 0.3) is 0 Å². The number of rotatable bonds is 3. The van der Waals surface area contributed by atoms with Crippen molar-refractivity contribution in [1.29, 1.82) is 0 Å². The van der Waals surface area contributed by atoms with Gasteiger partial charge in [0.1, 0.15) is 0 Å². The molecule has 0 saturated carbocycles. The Bertz CT molecular complexity index is 540. The van der Waals surface area contributed by atoms with Gasteiger partial charge in [0.05, 0.1) is 22.3 Å². The molecule has 0 spiro atoms. The van der Waals surface area contributed by atoms with Crippen molar-refractivity contribution < 1.29 is 9.59 Å². The highest BCUT2D eigenvalue weighted by molar-refractivity contribution is 6.40. The number of nitrogens with two attached hydrogens (primary N) is 1. The van der Waals surface area contributed by atoms with Gasteiger partial charge in [-0.15, -0.1) is 0 Å². The second-order valence-corrected chi connectivity index (χ2v) is 5.85. The van der Waals surface area contributed by atoms with E-state index in [9.17, 15) is 9.59 Å². The summed E-state index contributed by atoms with van der Waals surface area (Å²) in [5.41, 5.74) is 6.35. The van der Waals surface area contributed by atoms with Gasteiger partial charge in [-0.2, -0.15) is 0 Å². The van der Waals surface area contributed by atoms with E-state index in [2.05, 4.69) is 5.32 Å². The number of likely N-dealkylation sites (tertiary alicyclic amines) is 1. The van der Waals surface area contributed by atoms with Crippen LogP contribution in [0.5, 0.6) is 0 Å². The molecule has 114 valence electrons. The maximum absolute atomic E-state index is 12.1. The topological polar surface area (TPSA) is 75.4 Å². The minimum atomic E-state index is -0.321. The molecule has 0 atom stereocenters. The fraction of sp³-hybridized carbons (Fsp3) is 0.429. The van der Waals surface area contributed by atoms with E-state index in [-0.39, 0.29) is 28.4 Å². The average molecular weight is 330 g/mol. The monoisotopic (exact) mass is 329 g/mol. The smallest absolute Gasteiger partial charge is 0.244 e. The summed E-state index contributed by atoms with van der Waals surface area (Å²) < 4.78 is 0. The first-order valence-electron chi connectivity index (χ1n) is 6.79. The van der Waals surface area contributed by atoms with E-state index in [1.807, 2.05) is 0 Å². The summed E-state index contributed by atoms with van der Waals surface area (Å²) in [6.45, 7) is 0.616. The van der Waals surface area contributed by atoms with Crippen LogP contribution in [0.3, 0.4) is 0 Å². The molecule has 5 nitrogen and oxygen atoms in total. The van der Waals surface area contributed by atoms with Gasteiger partial charge in [-0.1, -0.05) is 29.6 Å². The van der Waals surface area contributed by atoms with E-state index in [0.29, 0.717) is 24.3 Å². The Morgan fingerprint density at radius 1 is 1.24 bits per heavy atom. The molecule has 1 saturated heterocycles. The zero-order valence-corrected chi connectivity index (χ0v) is 13.0. The van der Waals surface area contributed by atoms with Crippen molar-refractivity contribution >= 4 is 46.4 Å². The summed E-state index contributed by atoms with van der Waals surface area (Å²) in [7, 11) is 0. The third kappa shape index (κ3) is 4.25. The normalized spacial score (nSPS) is 15.7. The fourth-order valence-electron chi connectivity index (χ4n) is 2.27. The van der Waals surface area contributed by atoms with Gasteiger partial charge in [-0.25, -0.2) is 0 Å². The summed E-state index contributed by atoms with van der Waals surface area (Å²) in [4.78, 5) is 25.5. The SMILES string of the molecule is Nc1cc(Cl)c(NC(=O)CN2CCCCCC2=O)c(Cl)c1. The number of nitrogens with one attached hydrogen (secondary N) is 1. The molecule has 2 amide bonds. The lowest BCUT2D eigenvalue weighted by Gasteiger charge is -2.20. The quantitative estimate of drug-likeness (QED) is 0.837. The lowest BCUT2D eigenvalue weighted by Crippen LogP contribution is -2.37.